The Morgan fingerprint density at radius 1 is 1.40 bits per heavy atom. The van der Waals surface area contributed by atoms with E-state index in [4.69, 9.17) is 10.7 Å². The van der Waals surface area contributed by atoms with E-state index in [2.05, 4.69) is 11.9 Å². The molecular weight excluding hydrogens is 128 g/mol. The van der Waals surface area contributed by atoms with Gasteiger partial charge in [0.2, 0.25) is 0 Å². The second-order valence-corrected chi connectivity index (χ2v) is 2.99. The van der Waals surface area contributed by atoms with E-state index >= 15 is 0 Å². The van der Waals surface area contributed by atoms with Gasteiger partial charge in [-0.2, -0.15) is 0 Å². The molecule has 3 heteroatoms. The summed E-state index contributed by atoms with van der Waals surface area (Å²) in [4.78, 5) is 7.11. The largest absolute Gasteiger partial charge is 0.306 e. The van der Waals surface area contributed by atoms with Crippen LogP contribution in [0.25, 0.3) is 0 Å². The molecule has 1 rings (SSSR count). The second-order valence-electron chi connectivity index (χ2n) is 2.99. The molecule has 0 aromatic rings. The molecule has 0 aromatic heterocycles. The van der Waals surface area contributed by atoms with E-state index in [9.17, 15) is 0 Å². The molecule has 1 saturated heterocycles. The van der Waals surface area contributed by atoms with Crippen LogP contribution in [0.1, 0.15) is 19.3 Å². The minimum Gasteiger partial charge on any atom is -0.306 e. The Bertz CT molecular complexity index is 97.6. The summed E-state index contributed by atoms with van der Waals surface area (Å²) in [6.45, 7) is 2.29. The smallest absolute Gasteiger partial charge is 0.0800 e. The van der Waals surface area contributed by atoms with Crippen molar-refractivity contribution in [3.8, 4) is 0 Å². The zero-order valence-electron chi connectivity index (χ0n) is 6.55. The summed E-state index contributed by atoms with van der Waals surface area (Å²) in [6.07, 6.45) is 3.69. The van der Waals surface area contributed by atoms with E-state index in [0.717, 1.165) is 19.4 Å². The van der Waals surface area contributed by atoms with Crippen LogP contribution in [0.5, 0.6) is 0 Å². The average Bonchev–Trinajstić information content (AvgIpc) is 2.14. The van der Waals surface area contributed by atoms with Gasteiger partial charge in [0.1, 0.15) is 0 Å². The van der Waals surface area contributed by atoms with E-state index < -0.39 is 0 Å². The summed E-state index contributed by atoms with van der Waals surface area (Å²) >= 11 is 0. The number of hydrogen-bond acceptors (Lipinski definition) is 3. The predicted molar refractivity (Wildman–Crippen MR) is 40.4 cm³/mol. The molecule has 1 aliphatic rings. The molecule has 60 valence electrons. The van der Waals surface area contributed by atoms with Crippen molar-refractivity contribution in [1.82, 2.24) is 4.90 Å². The van der Waals surface area contributed by atoms with Gasteiger partial charge in [0.15, 0.2) is 0 Å². The molecule has 10 heavy (non-hydrogen) atoms. The Morgan fingerprint density at radius 3 is 2.90 bits per heavy atom. The van der Waals surface area contributed by atoms with Crippen molar-refractivity contribution in [3.63, 3.8) is 0 Å². The molecule has 0 radical (unpaired) electrons. The van der Waals surface area contributed by atoms with Gasteiger partial charge in [-0.1, -0.05) is 0 Å². The fourth-order valence-corrected chi connectivity index (χ4v) is 1.35. The monoisotopic (exact) mass is 144 g/mol. The third-order valence-electron chi connectivity index (χ3n) is 2.09. The molecule has 2 N–H and O–H groups in total. The van der Waals surface area contributed by atoms with Crippen molar-refractivity contribution < 1.29 is 4.84 Å². The van der Waals surface area contributed by atoms with Gasteiger partial charge in [-0.15, -0.1) is 0 Å². The maximum Gasteiger partial charge on any atom is 0.0800 e. The van der Waals surface area contributed by atoms with Crippen LogP contribution in [-0.2, 0) is 4.84 Å². The predicted octanol–water partition coefficient (Wildman–Crippen LogP) is 0.361. The summed E-state index contributed by atoms with van der Waals surface area (Å²) in [5, 5.41) is 0. The first kappa shape index (κ1) is 7.98. The Hall–Kier alpha value is -0.120. The van der Waals surface area contributed by atoms with E-state index in [1.165, 1.54) is 13.0 Å². The van der Waals surface area contributed by atoms with Crippen LogP contribution in [0.4, 0.5) is 0 Å². The van der Waals surface area contributed by atoms with Crippen LogP contribution >= 0.6 is 0 Å². The van der Waals surface area contributed by atoms with Crippen LogP contribution < -0.4 is 5.90 Å². The summed E-state index contributed by atoms with van der Waals surface area (Å²) < 4.78 is 0. The molecule has 0 bridgehead atoms. The minimum atomic E-state index is 0.296. The van der Waals surface area contributed by atoms with Crippen LogP contribution in [0.2, 0.25) is 0 Å². The molecular formula is C7H16N2O. The molecule has 1 aliphatic heterocycles. The number of nitrogens with zero attached hydrogens (tertiary/aromatic N) is 1. The molecule has 0 saturated carbocycles. The van der Waals surface area contributed by atoms with Crippen molar-refractivity contribution in [3.05, 3.63) is 0 Å². The highest BCUT2D eigenvalue weighted by molar-refractivity contribution is 4.66. The lowest BCUT2D eigenvalue weighted by atomic mass is 10.2. The Balaban J connectivity index is 2.26. The number of hydrogen-bond donors (Lipinski definition) is 1. The van der Waals surface area contributed by atoms with Gasteiger partial charge >= 0.3 is 0 Å². The lowest BCUT2D eigenvalue weighted by Gasteiger charge is -2.12. The first-order chi connectivity index (χ1) is 4.83. The van der Waals surface area contributed by atoms with Crippen molar-refractivity contribution in [2.24, 2.45) is 5.90 Å². The van der Waals surface area contributed by atoms with Gasteiger partial charge in [-0.3, -0.25) is 0 Å². The van der Waals surface area contributed by atoms with Gasteiger partial charge in [-0.25, -0.2) is 5.90 Å². The van der Waals surface area contributed by atoms with Gasteiger partial charge < -0.3 is 9.74 Å². The molecule has 1 fully saturated rings. The third-order valence-corrected chi connectivity index (χ3v) is 2.09. The first-order valence-corrected chi connectivity index (χ1v) is 3.87. The van der Waals surface area contributed by atoms with Crippen molar-refractivity contribution in [2.45, 2.75) is 25.4 Å². The highest BCUT2D eigenvalue weighted by atomic mass is 16.6. The zero-order chi connectivity index (χ0) is 7.40. The zero-order valence-corrected chi connectivity index (χ0v) is 6.55. The SMILES string of the molecule is CN1CCCC(ON)CC1. The summed E-state index contributed by atoms with van der Waals surface area (Å²) in [7, 11) is 2.14. The highest BCUT2D eigenvalue weighted by Gasteiger charge is 2.13. The maximum absolute atomic E-state index is 5.10. The average molecular weight is 144 g/mol. The van der Waals surface area contributed by atoms with E-state index in [0.29, 0.717) is 6.10 Å². The van der Waals surface area contributed by atoms with E-state index in [-0.39, 0.29) is 0 Å². The molecule has 0 spiro atoms. The normalized spacial score (nSPS) is 30.0. The van der Waals surface area contributed by atoms with Crippen LogP contribution in [-0.4, -0.2) is 31.1 Å². The Labute approximate surface area is 62.1 Å². The molecule has 1 atom stereocenters. The van der Waals surface area contributed by atoms with Crippen LogP contribution in [0.3, 0.4) is 0 Å². The Morgan fingerprint density at radius 2 is 2.20 bits per heavy atom. The molecule has 0 aromatic carbocycles. The lowest BCUT2D eigenvalue weighted by Crippen LogP contribution is -2.21. The third kappa shape index (κ3) is 2.25. The fourth-order valence-electron chi connectivity index (χ4n) is 1.35. The molecule has 1 unspecified atom stereocenters. The summed E-state index contributed by atoms with van der Waals surface area (Å²) in [5.41, 5.74) is 0. The molecule has 0 amide bonds. The highest BCUT2D eigenvalue weighted by Crippen LogP contribution is 2.10. The number of likely N-dealkylation sites (tertiary alicyclic amines) is 1. The van der Waals surface area contributed by atoms with E-state index in [1.54, 1.807) is 0 Å². The molecule has 3 nitrogen and oxygen atoms in total. The second kappa shape index (κ2) is 3.91. The minimum absolute atomic E-state index is 0.296. The van der Waals surface area contributed by atoms with Crippen molar-refractivity contribution >= 4 is 0 Å². The summed E-state index contributed by atoms with van der Waals surface area (Å²) in [6, 6.07) is 0. The summed E-state index contributed by atoms with van der Waals surface area (Å²) in [5.74, 6) is 5.10. The molecule has 0 aliphatic carbocycles. The van der Waals surface area contributed by atoms with Gasteiger partial charge in [0.25, 0.3) is 0 Å². The lowest BCUT2D eigenvalue weighted by molar-refractivity contribution is 0.0438. The van der Waals surface area contributed by atoms with Crippen molar-refractivity contribution in [1.29, 1.82) is 0 Å². The van der Waals surface area contributed by atoms with E-state index in [1.807, 2.05) is 0 Å². The van der Waals surface area contributed by atoms with Crippen LogP contribution in [0.15, 0.2) is 0 Å². The topological polar surface area (TPSA) is 38.5 Å². The Kier molecular flexibility index (Phi) is 3.12. The standard InChI is InChI=1S/C7H16N2O/c1-9-5-2-3-7(10-8)4-6-9/h7H,2-6,8H2,1H3. The van der Waals surface area contributed by atoms with Crippen molar-refractivity contribution in [2.75, 3.05) is 20.1 Å². The van der Waals surface area contributed by atoms with Gasteiger partial charge in [0.05, 0.1) is 6.10 Å². The number of nitrogens with two attached hydrogens (primary N) is 1. The first-order valence-electron chi connectivity index (χ1n) is 3.87. The van der Waals surface area contributed by atoms with Gasteiger partial charge in [-0.05, 0) is 32.9 Å². The quantitative estimate of drug-likeness (QED) is 0.540. The fraction of sp³-hybridized carbons (Fsp3) is 1.00. The maximum atomic E-state index is 5.10. The molecule has 1 heterocycles. The van der Waals surface area contributed by atoms with Gasteiger partial charge in [0, 0.05) is 6.54 Å². The van der Waals surface area contributed by atoms with Crippen LogP contribution in [0, 0.1) is 0 Å². The number of rotatable bonds is 1.